The lowest BCUT2D eigenvalue weighted by Gasteiger charge is -2.28. The molecule has 4 rings (SSSR count). The predicted octanol–water partition coefficient (Wildman–Crippen LogP) is 3.63. The van der Waals surface area contributed by atoms with Gasteiger partial charge in [-0.1, -0.05) is 19.6 Å². The first-order valence-electron chi connectivity index (χ1n) is 11.6. The van der Waals surface area contributed by atoms with Crippen LogP contribution in [0.1, 0.15) is 23.1 Å². The van der Waals surface area contributed by atoms with E-state index in [2.05, 4.69) is 32.1 Å². The number of hydrogen-bond donors (Lipinski definition) is 3. The monoisotopic (exact) mass is 488 g/mol. The average Bonchev–Trinajstić information content (AvgIpc) is 2.90. The zero-order valence-electron chi connectivity index (χ0n) is 20.0. The molecule has 10 nitrogen and oxygen atoms in total. The van der Waals surface area contributed by atoms with Gasteiger partial charge in [0.15, 0.2) is 11.5 Å². The first-order valence-corrected chi connectivity index (χ1v) is 11.6. The molecule has 1 aromatic heterocycles. The van der Waals surface area contributed by atoms with E-state index in [0.717, 1.165) is 18.8 Å². The molecule has 10 heteroatoms. The van der Waals surface area contributed by atoms with Gasteiger partial charge >= 0.3 is 0 Å². The second-order valence-corrected chi connectivity index (χ2v) is 7.99. The molecule has 2 amide bonds. The number of morpholine rings is 1. The van der Waals surface area contributed by atoms with Crippen LogP contribution >= 0.6 is 0 Å². The van der Waals surface area contributed by atoms with Crippen molar-refractivity contribution in [3.63, 3.8) is 0 Å². The molecule has 0 unspecified atom stereocenters. The third kappa shape index (κ3) is 5.97. The van der Waals surface area contributed by atoms with Crippen molar-refractivity contribution in [1.82, 2.24) is 9.97 Å². The summed E-state index contributed by atoms with van der Waals surface area (Å²) in [5, 5.41) is 5.83. The first-order chi connectivity index (χ1) is 17.5. The third-order valence-electron chi connectivity index (χ3n) is 5.51. The molecular formula is C26H28N6O4. The molecule has 2 aromatic carbocycles. The van der Waals surface area contributed by atoms with E-state index in [1.807, 2.05) is 31.2 Å². The molecule has 1 fully saturated rings. The summed E-state index contributed by atoms with van der Waals surface area (Å²) in [6.45, 7) is 8.40. The zero-order valence-corrected chi connectivity index (χ0v) is 20.0. The smallest absolute Gasteiger partial charge is 0.271 e. The number of amides is 2. The van der Waals surface area contributed by atoms with E-state index in [0.29, 0.717) is 42.5 Å². The minimum absolute atomic E-state index is 0.0171. The molecule has 0 aliphatic carbocycles. The van der Waals surface area contributed by atoms with Crippen molar-refractivity contribution in [2.45, 2.75) is 13.3 Å². The predicted molar refractivity (Wildman–Crippen MR) is 138 cm³/mol. The van der Waals surface area contributed by atoms with Gasteiger partial charge in [0.1, 0.15) is 11.4 Å². The Balaban J connectivity index is 1.60. The Hall–Kier alpha value is -4.44. The van der Waals surface area contributed by atoms with Crippen LogP contribution in [0.4, 0.5) is 22.9 Å². The highest BCUT2D eigenvalue weighted by atomic mass is 16.5. The topological polar surface area (TPSA) is 132 Å². The summed E-state index contributed by atoms with van der Waals surface area (Å²) in [6.07, 6.45) is 1.65. The van der Waals surface area contributed by atoms with E-state index < -0.39 is 5.91 Å². The van der Waals surface area contributed by atoms with Crippen LogP contribution in [0.5, 0.6) is 11.6 Å². The summed E-state index contributed by atoms with van der Waals surface area (Å²) in [7, 11) is 0. The van der Waals surface area contributed by atoms with Gasteiger partial charge in [0.05, 0.1) is 13.2 Å². The van der Waals surface area contributed by atoms with Crippen molar-refractivity contribution in [2.75, 3.05) is 41.8 Å². The van der Waals surface area contributed by atoms with E-state index in [4.69, 9.17) is 15.2 Å². The van der Waals surface area contributed by atoms with Crippen LogP contribution in [0.2, 0.25) is 0 Å². The fourth-order valence-corrected chi connectivity index (χ4v) is 3.68. The maximum Gasteiger partial charge on any atom is 0.271 e. The normalized spacial score (nSPS) is 13.1. The Morgan fingerprint density at radius 3 is 2.56 bits per heavy atom. The molecule has 2 heterocycles. The Morgan fingerprint density at radius 1 is 1.14 bits per heavy atom. The highest BCUT2D eigenvalue weighted by molar-refractivity contribution is 5.99. The van der Waals surface area contributed by atoms with Crippen LogP contribution in [0.15, 0.2) is 61.2 Å². The van der Waals surface area contributed by atoms with Crippen molar-refractivity contribution < 1.29 is 19.1 Å². The molecule has 36 heavy (non-hydrogen) atoms. The fourth-order valence-electron chi connectivity index (χ4n) is 3.68. The highest BCUT2D eigenvalue weighted by Gasteiger charge is 2.19. The summed E-state index contributed by atoms with van der Waals surface area (Å²) in [5.41, 5.74) is 8.43. The summed E-state index contributed by atoms with van der Waals surface area (Å²) in [5.74, 6) is -0.191. The summed E-state index contributed by atoms with van der Waals surface area (Å²) < 4.78 is 11.4. The molecule has 0 atom stereocenters. The molecule has 0 spiro atoms. The van der Waals surface area contributed by atoms with Gasteiger partial charge in [0, 0.05) is 36.2 Å². The lowest BCUT2D eigenvalue weighted by Crippen LogP contribution is -2.36. The summed E-state index contributed by atoms with van der Waals surface area (Å²) >= 11 is 0. The first kappa shape index (κ1) is 24.7. The molecule has 3 aromatic rings. The van der Waals surface area contributed by atoms with Gasteiger partial charge in [-0.25, -0.2) is 4.98 Å². The fraction of sp³-hybridized carbons (Fsp3) is 0.231. The molecule has 1 saturated heterocycles. The number of nitrogens with one attached hydrogen (secondary N) is 2. The van der Waals surface area contributed by atoms with Crippen LogP contribution in [0.25, 0.3) is 0 Å². The van der Waals surface area contributed by atoms with E-state index in [1.165, 1.54) is 6.08 Å². The van der Waals surface area contributed by atoms with Gasteiger partial charge in [0.25, 0.3) is 5.91 Å². The van der Waals surface area contributed by atoms with Crippen molar-refractivity contribution in [1.29, 1.82) is 0 Å². The lowest BCUT2D eigenvalue weighted by atomic mass is 10.2. The Morgan fingerprint density at radius 2 is 1.89 bits per heavy atom. The largest absolute Gasteiger partial charge is 0.437 e. The number of nitrogens with zero attached hydrogens (tertiary/aromatic N) is 3. The molecular weight excluding hydrogens is 460 g/mol. The highest BCUT2D eigenvalue weighted by Crippen LogP contribution is 2.29. The van der Waals surface area contributed by atoms with Crippen molar-refractivity contribution in [3.05, 3.63) is 72.6 Å². The molecule has 0 saturated carbocycles. The van der Waals surface area contributed by atoms with Crippen LogP contribution in [0.3, 0.4) is 0 Å². The minimum atomic E-state index is -0.703. The number of aromatic nitrogens is 2. The number of nitrogens with two attached hydrogens (primary N) is 1. The Labute approximate surface area is 209 Å². The van der Waals surface area contributed by atoms with Gasteiger partial charge in [-0.2, -0.15) is 4.98 Å². The van der Waals surface area contributed by atoms with E-state index in [9.17, 15) is 9.59 Å². The summed E-state index contributed by atoms with van der Waals surface area (Å²) in [6, 6.07) is 14.6. The van der Waals surface area contributed by atoms with E-state index in [1.54, 1.807) is 24.3 Å². The quantitative estimate of drug-likeness (QED) is 0.389. The standard InChI is InChI=1S/C26H28N6O4/c1-3-21-26(36-20-7-5-6-18(16-20)28-22(33)4-2)31-25(23(30-21)24(27)34)29-17-8-10-19(11-9-17)32-12-14-35-15-13-32/h4-11,16H,2-3,12-15H2,1H3,(H2,27,34)(H,28,33)(H,29,31). The maximum atomic E-state index is 12.2. The number of anilines is 4. The number of benzene rings is 2. The molecule has 0 radical (unpaired) electrons. The summed E-state index contributed by atoms with van der Waals surface area (Å²) in [4.78, 5) is 35.0. The van der Waals surface area contributed by atoms with Crippen molar-refractivity contribution >= 4 is 34.7 Å². The van der Waals surface area contributed by atoms with E-state index in [-0.39, 0.29) is 23.3 Å². The maximum absolute atomic E-state index is 12.2. The Bertz CT molecular complexity index is 1260. The number of ether oxygens (including phenoxy) is 2. The van der Waals surface area contributed by atoms with Crippen LogP contribution < -0.4 is 26.0 Å². The second-order valence-electron chi connectivity index (χ2n) is 7.99. The van der Waals surface area contributed by atoms with Crippen LogP contribution in [0, 0.1) is 0 Å². The van der Waals surface area contributed by atoms with Gasteiger partial charge in [-0.15, -0.1) is 0 Å². The average molecular weight is 489 g/mol. The SMILES string of the molecule is C=CC(=O)Nc1cccc(Oc2nc(Nc3ccc(N4CCOCC4)cc3)c(C(N)=O)nc2CC)c1. The number of hydrogen-bond acceptors (Lipinski definition) is 8. The zero-order chi connectivity index (χ0) is 25.5. The molecule has 186 valence electrons. The van der Waals surface area contributed by atoms with Gasteiger partial charge in [-0.05, 0) is 48.9 Å². The van der Waals surface area contributed by atoms with Crippen molar-refractivity contribution in [3.8, 4) is 11.6 Å². The third-order valence-corrected chi connectivity index (χ3v) is 5.51. The minimum Gasteiger partial charge on any atom is -0.437 e. The molecule has 1 aliphatic heterocycles. The van der Waals surface area contributed by atoms with Gasteiger partial charge < -0.3 is 30.7 Å². The van der Waals surface area contributed by atoms with Crippen LogP contribution in [-0.2, 0) is 16.0 Å². The second kappa shape index (κ2) is 11.3. The number of carbonyl (C=O) groups is 2. The van der Waals surface area contributed by atoms with Gasteiger partial charge in [0.2, 0.25) is 11.8 Å². The Kier molecular flexibility index (Phi) is 7.76. The molecule has 4 N–H and O–H groups in total. The lowest BCUT2D eigenvalue weighted by molar-refractivity contribution is -0.111. The molecule has 1 aliphatic rings. The van der Waals surface area contributed by atoms with Crippen molar-refractivity contribution in [2.24, 2.45) is 5.73 Å². The van der Waals surface area contributed by atoms with Crippen LogP contribution in [-0.4, -0.2) is 48.1 Å². The van der Waals surface area contributed by atoms with Gasteiger partial charge in [-0.3, -0.25) is 9.59 Å². The number of aryl methyl sites for hydroxylation is 1. The number of carbonyl (C=O) groups excluding carboxylic acids is 2. The molecule has 0 bridgehead atoms. The van der Waals surface area contributed by atoms with E-state index >= 15 is 0 Å². The number of rotatable bonds is 9. The number of primary amides is 1.